The molecule has 268 valence electrons. The van der Waals surface area contributed by atoms with Gasteiger partial charge in [0.25, 0.3) is 0 Å². The van der Waals surface area contributed by atoms with Gasteiger partial charge in [-0.05, 0) is 0 Å². The Kier molecular flexibility index (Phi) is 10.4. The molecule has 0 aliphatic heterocycles. The molecule has 4 aromatic carbocycles. The minimum atomic E-state index is -4.92. The third-order valence-electron chi connectivity index (χ3n) is 11.5. The van der Waals surface area contributed by atoms with E-state index in [9.17, 15) is 9.53 Å². The van der Waals surface area contributed by atoms with Crippen LogP contribution in [0.4, 0.5) is 5.69 Å². The van der Waals surface area contributed by atoms with Gasteiger partial charge in [-0.1, -0.05) is 0 Å². The van der Waals surface area contributed by atoms with Gasteiger partial charge in [-0.25, -0.2) is 0 Å². The number of hydrogen-bond acceptors (Lipinski definition) is 1. The molecule has 1 unspecified atom stereocenters. The van der Waals surface area contributed by atoms with E-state index in [0.717, 1.165) is 11.3 Å². The first-order valence-electron chi connectivity index (χ1n) is 18.9. The van der Waals surface area contributed by atoms with E-state index in [2.05, 4.69) is 134 Å². The van der Waals surface area contributed by atoms with Crippen molar-refractivity contribution in [1.29, 1.82) is 0 Å². The molecule has 2 saturated carbocycles. The number of rotatable bonds is 9. The fourth-order valence-corrected chi connectivity index (χ4v) is 30.7. The van der Waals surface area contributed by atoms with Gasteiger partial charge in [0.2, 0.25) is 0 Å². The summed E-state index contributed by atoms with van der Waals surface area (Å²) >= 11 is -4.92. The van der Waals surface area contributed by atoms with Crippen LogP contribution in [-0.2, 0) is 11.6 Å². The summed E-state index contributed by atoms with van der Waals surface area (Å²) in [6, 6.07) is 32.3. The Morgan fingerprint density at radius 3 is 1.43 bits per heavy atom. The summed E-state index contributed by atoms with van der Waals surface area (Å²) in [5.41, 5.74) is 17.2. The summed E-state index contributed by atoms with van der Waals surface area (Å²) in [5.74, 6) is 1.23. The first-order chi connectivity index (χ1) is 23.3. The van der Waals surface area contributed by atoms with Crippen molar-refractivity contribution in [2.24, 2.45) is 0 Å². The molecular formula is C45H61ClNPPd. The van der Waals surface area contributed by atoms with Gasteiger partial charge in [-0.3, -0.25) is 0 Å². The van der Waals surface area contributed by atoms with Gasteiger partial charge < -0.3 is 0 Å². The van der Waals surface area contributed by atoms with E-state index in [1.807, 2.05) is 0 Å². The topological polar surface area (TPSA) is 26.0 Å². The molecule has 49 heavy (non-hydrogen) atoms. The molecule has 0 bridgehead atoms. The number of benzene rings is 4. The molecule has 4 aromatic rings. The Bertz CT molecular complexity index is 1760. The van der Waals surface area contributed by atoms with Crippen LogP contribution in [0.2, 0.25) is 8.78 Å². The van der Waals surface area contributed by atoms with E-state index in [-0.39, 0.29) is 0 Å². The van der Waals surface area contributed by atoms with Crippen LogP contribution in [0.15, 0.2) is 84.9 Å². The Hall–Kier alpha value is -1.94. The number of hydrogen-bond donors (Lipinski definition) is 1. The summed E-state index contributed by atoms with van der Waals surface area (Å²) < 4.78 is 3.55. The van der Waals surface area contributed by atoms with Crippen molar-refractivity contribution in [1.82, 2.24) is 0 Å². The predicted octanol–water partition coefficient (Wildman–Crippen LogP) is 13.6. The van der Waals surface area contributed by atoms with Gasteiger partial charge in [-0.2, -0.15) is 0 Å². The Labute approximate surface area is 302 Å². The van der Waals surface area contributed by atoms with E-state index >= 15 is 0 Å². The second-order valence-electron chi connectivity index (χ2n) is 15.7. The fourth-order valence-electron chi connectivity index (χ4n) is 8.87. The van der Waals surface area contributed by atoms with Crippen LogP contribution < -0.4 is 13.8 Å². The van der Waals surface area contributed by atoms with E-state index < -0.39 is 11.6 Å². The van der Waals surface area contributed by atoms with Crippen molar-refractivity contribution in [2.45, 2.75) is 132 Å². The fraction of sp³-hybridized carbons (Fsp3) is 0.467. The third kappa shape index (κ3) is 5.91. The van der Waals surface area contributed by atoms with Crippen LogP contribution in [0.25, 0.3) is 22.3 Å². The summed E-state index contributed by atoms with van der Waals surface area (Å²) in [5, 5.41) is 0. The standard InChI is InChI=1S/C21H27.C12H10N.2C6H11.ClH.H2P.Pd/c1-14(2)18-12-19(15(3)4)21(20(13-18)16(5)6)17-10-8-7-9-11-17;13-12-9-5-4-8-11(12)10-6-2-1-3-7-10;2*1-2-4-6-5-3-1;;;/h7-10,12-16H,1-6H3;1-6,8-9H,13H2;2*1H,2-6H2;1H;1H2;/q;;;;;-1;+2/p-1. The molecular weight excluding hydrogens is 727 g/mol. The van der Waals surface area contributed by atoms with Crippen molar-refractivity contribution >= 4 is 30.7 Å². The van der Waals surface area contributed by atoms with Gasteiger partial charge in [0.15, 0.2) is 0 Å². The molecule has 6 rings (SSSR count). The molecule has 4 heteroatoms. The van der Waals surface area contributed by atoms with Crippen LogP contribution in [0.3, 0.4) is 0 Å². The van der Waals surface area contributed by atoms with Gasteiger partial charge >= 0.3 is 304 Å². The molecule has 0 aromatic heterocycles. The van der Waals surface area contributed by atoms with E-state index in [1.54, 1.807) is 0 Å². The number of halogens is 1. The number of anilines is 1. The summed E-state index contributed by atoms with van der Waals surface area (Å²) in [7, 11) is 13.4. The molecule has 2 fully saturated rings. The minimum absolute atomic E-state index is 0.374. The molecule has 2 aliphatic rings. The van der Waals surface area contributed by atoms with Gasteiger partial charge in [0, 0.05) is 0 Å². The SMILES string of the molecule is CC(C)c1cc(C(C)C)c(-c2cccc[c]2[Pd]([PH2])([Cl])([c]2ccccc2-c2ccccc2N)([CH]2CCCCC2)[CH]2CCCCC2)c(C(C)C)c1. The zero-order valence-corrected chi connectivity index (χ0v) is 34.4. The van der Waals surface area contributed by atoms with Crippen molar-refractivity contribution in [3.05, 3.63) is 102 Å². The van der Waals surface area contributed by atoms with Crippen molar-refractivity contribution < 1.29 is 11.6 Å². The first-order valence-corrected chi connectivity index (χ1v) is 27.3. The number of nitrogens with two attached hydrogens (primary N) is 1. The first kappa shape index (κ1) is 36.8. The molecule has 0 radical (unpaired) electrons. The maximum absolute atomic E-state index is 9.65. The average Bonchev–Trinajstić information content (AvgIpc) is 3.12. The Morgan fingerprint density at radius 2 is 0.980 bits per heavy atom. The van der Waals surface area contributed by atoms with Gasteiger partial charge in [-0.15, -0.1) is 0 Å². The molecule has 1 nitrogen and oxygen atoms in total. The van der Waals surface area contributed by atoms with Gasteiger partial charge in [0.1, 0.15) is 0 Å². The monoisotopic (exact) mass is 787 g/mol. The van der Waals surface area contributed by atoms with Crippen LogP contribution in [0, 0.1) is 0 Å². The van der Waals surface area contributed by atoms with Crippen LogP contribution in [0.5, 0.6) is 0 Å². The molecule has 0 spiro atoms. The van der Waals surface area contributed by atoms with Crippen LogP contribution in [-0.4, -0.2) is 0 Å². The molecule has 1 atom stereocenters. The predicted molar refractivity (Wildman–Crippen MR) is 219 cm³/mol. The van der Waals surface area contributed by atoms with E-state index in [4.69, 9.17) is 5.73 Å². The number of nitrogen functional groups attached to an aromatic ring is 1. The zero-order valence-electron chi connectivity index (χ0n) is 30.9. The second-order valence-corrected chi connectivity index (χ2v) is 37.1. The second kappa shape index (κ2) is 13.9. The average molecular weight is 789 g/mol. The Balaban J connectivity index is 1.85. The summed E-state index contributed by atoms with van der Waals surface area (Å²) in [6.45, 7) is 14.2. The van der Waals surface area contributed by atoms with Crippen molar-refractivity contribution in [2.75, 3.05) is 5.73 Å². The van der Waals surface area contributed by atoms with Crippen LogP contribution in [0.1, 0.15) is 140 Å². The van der Waals surface area contributed by atoms with Crippen molar-refractivity contribution in [3.8, 4) is 22.3 Å². The summed E-state index contributed by atoms with van der Waals surface area (Å²) in [4.78, 5) is 0. The van der Waals surface area contributed by atoms with Crippen LogP contribution >= 0.6 is 17.0 Å². The summed E-state index contributed by atoms with van der Waals surface area (Å²) in [6.07, 6.45) is 12.2. The number of para-hydroxylation sites is 1. The van der Waals surface area contributed by atoms with E-state index in [1.165, 1.54) is 106 Å². The molecule has 2 N–H and O–H groups in total. The molecule has 0 saturated heterocycles. The van der Waals surface area contributed by atoms with E-state index in [0.29, 0.717) is 26.5 Å². The molecule has 2 aliphatic carbocycles. The zero-order chi connectivity index (χ0) is 35.0. The quantitative estimate of drug-likeness (QED) is 0.102. The maximum atomic E-state index is 9.65. The third-order valence-corrected chi connectivity index (χ3v) is 35.2. The Morgan fingerprint density at radius 1 is 0.571 bits per heavy atom. The van der Waals surface area contributed by atoms with Crippen molar-refractivity contribution in [3.63, 3.8) is 0 Å². The molecule has 0 amide bonds. The normalized spacial score (nSPS) is 18.2. The molecule has 0 heterocycles. The van der Waals surface area contributed by atoms with Gasteiger partial charge in [0.05, 0.1) is 0 Å².